The fourth-order valence-corrected chi connectivity index (χ4v) is 4.66. The summed E-state index contributed by atoms with van der Waals surface area (Å²) in [6, 6.07) is 7.06. The van der Waals surface area contributed by atoms with E-state index in [1.54, 1.807) is 29.7 Å². The normalized spacial score (nSPS) is 16.8. The van der Waals surface area contributed by atoms with Gasteiger partial charge < -0.3 is 10.0 Å². The molecule has 136 valence electrons. The molecule has 7 heteroatoms. The molecule has 2 aromatic heterocycles. The summed E-state index contributed by atoms with van der Waals surface area (Å²) in [7, 11) is 0. The van der Waals surface area contributed by atoms with Crippen molar-refractivity contribution in [3.05, 3.63) is 68.6 Å². The van der Waals surface area contributed by atoms with Gasteiger partial charge in [-0.2, -0.15) is 11.3 Å². The van der Waals surface area contributed by atoms with E-state index in [1.807, 2.05) is 10.3 Å². The molecule has 0 aliphatic carbocycles. The SMILES string of the molecule is OC(c1nccs1)c1cccc(F)c1N1CCN(Cc2ccsc2)CC1. The molecule has 4 nitrogen and oxygen atoms in total. The van der Waals surface area contributed by atoms with Gasteiger partial charge in [0.25, 0.3) is 0 Å². The zero-order chi connectivity index (χ0) is 17.9. The van der Waals surface area contributed by atoms with Gasteiger partial charge in [0.2, 0.25) is 0 Å². The van der Waals surface area contributed by atoms with Crippen LogP contribution >= 0.6 is 22.7 Å². The highest BCUT2D eigenvalue weighted by Crippen LogP contribution is 2.34. The van der Waals surface area contributed by atoms with Crippen molar-refractivity contribution in [3.63, 3.8) is 0 Å². The Bertz CT molecular complexity index is 831. The number of para-hydroxylation sites is 1. The van der Waals surface area contributed by atoms with Gasteiger partial charge in [-0.15, -0.1) is 11.3 Å². The molecule has 1 aliphatic heterocycles. The van der Waals surface area contributed by atoms with Crippen molar-refractivity contribution in [1.82, 2.24) is 9.88 Å². The van der Waals surface area contributed by atoms with Crippen LogP contribution in [-0.4, -0.2) is 41.2 Å². The van der Waals surface area contributed by atoms with E-state index in [0.717, 1.165) is 32.7 Å². The first-order valence-corrected chi connectivity index (χ1v) is 10.4. The lowest BCUT2D eigenvalue weighted by molar-refractivity contribution is 0.218. The number of anilines is 1. The second kappa shape index (κ2) is 7.84. The third-order valence-electron chi connectivity index (χ3n) is 4.67. The molecule has 1 atom stereocenters. The minimum Gasteiger partial charge on any atom is -0.381 e. The topological polar surface area (TPSA) is 39.6 Å². The highest BCUT2D eigenvalue weighted by Gasteiger charge is 2.26. The number of thiophene rings is 1. The first kappa shape index (κ1) is 17.6. The molecule has 3 aromatic rings. The van der Waals surface area contributed by atoms with Gasteiger partial charge in [-0.1, -0.05) is 12.1 Å². The Hall–Kier alpha value is -1.80. The van der Waals surface area contributed by atoms with Crippen LogP contribution in [-0.2, 0) is 6.54 Å². The first-order chi connectivity index (χ1) is 12.7. The van der Waals surface area contributed by atoms with E-state index in [-0.39, 0.29) is 5.82 Å². The lowest BCUT2D eigenvalue weighted by atomic mass is 10.0. The van der Waals surface area contributed by atoms with E-state index in [2.05, 4.69) is 26.7 Å². The number of thiazole rings is 1. The van der Waals surface area contributed by atoms with E-state index in [4.69, 9.17) is 0 Å². The van der Waals surface area contributed by atoms with Gasteiger partial charge in [-0.3, -0.25) is 4.90 Å². The maximum atomic E-state index is 14.7. The van der Waals surface area contributed by atoms with Crippen molar-refractivity contribution < 1.29 is 9.50 Å². The fraction of sp³-hybridized carbons (Fsp3) is 0.316. The Kier molecular flexibility index (Phi) is 5.31. The molecule has 1 aliphatic rings. The van der Waals surface area contributed by atoms with Gasteiger partial charge in [0.05, 0.1) is 5.69 Å². The van der Waals surface area contributed by atoms with Gasteiger partial charge >= 0.3 is 0 Å². The quantitative estimate of drug-likeness (QED) is 0.721. The van der Waals surface area contributed by atoms with Crippen molar-refractivity contribution in [1.29, 1.82) is 0 Å². The minimum absolute atomic E-state index is 0.288. The molecule has 0 radical (unpaired) electrons. The van der Waals surface area contributed by atoms with Crippen LogP contribution in [0.2, 0.25) is 0 Å². The summed E-state index contributed by atoms with van der Waals surface area (Å²) in [5.41, 5.74) is 2.42. The monoisotopic (exact) mass is 389 g/mol. The van der Waals surface area contributed by atoms with Gasteiger partial charge in [0.15, 0.2) is 0 Å². The molecular formula is C19H20FN3OS2. The summed E-state index contributed by atoms with van der Waals surface area (Å²) in [5.74, 6) is -0.288. The molecule has 0 amide bonds. The molecule has 0 saturated carbocycles. The molecule has 0 spiro atoms. The molecule has 1 unspecified atom stereocenters. The van der Waals surface area contributed by atoms with Crippen molar-refractivity contribution in [2.24, 2.45) is 0 Å². The summed E-state index contributed by atoms with van der Waals surface area (Å²) in [4.78, 5) is 8.62. The highest BCUT2D eigenvalue weighted by molar-refractivity contribution is 7.09. The van der Waals surface area contributed by atoms with Gasteiger partial charge in [0, 0.05) is 49.9 Å². The van der Waals surface area contributed by atoms with Gasteiger partial charge in [-0.05, 0) is 28.5 Å². The molecule has 1 saturated heterocycles. The Balaban J connectivity index is 1.51. The number of nitrogens with zero attached hydrogens (tertiary/aromatic N) is 3. The van der Waals surface area contributed by atoms with E-state index in [9.17, 15) is 9.50 Å². The Labute approximate surface area is 160 Å². The van der Waals surface area contributed by atoms with Crippen molar-refractivity contribution in [3.8, 4) is 0 Å². The van der Waals surface area contributed by atoms with E-state index in [0.29, 0.717) is 16.3 Å². The smallest absolute Gasteiger partial charge is 0.146 e. The molecule has 1 aromatic carbocycles. The number of piperazine rings is 1. The zero-order valence-electron chi connectivity index (χ0n) is 14.2. The lowest BCUT2D eigenvalue weighted by Crippen LogP contribution is -2.46. The second-order valence-corrected chi connectivity index (χ2v) is 8.05. The molecule has 1 fully saturated rings. The predicted octanol–water partition coefficient (Wildman–Crippen LogP) is 3.75. The standard InChI is InChI=1S/C19H20FN3OS2/c20-16-3-1-2-15(18(24)19-21-5-11-26-19)17(16)23-8-6-22(7-9-23)12-14-4-10-25-13-14/h1-5,10-11,13,18,24H,6-9,12H2. The first-order valence-electron chi connectivity index (χ1n) is 8.56. The van der Waals surface area contributed by atoms with E-state index < -0.39 is 6.10 Å². The van der Waals surface area contributed by atoms with Crippen LogP contribution < -0.4 is 4.90 Å². The third-order valence-corrected chi connectivity index (χ3v) is 6.23. The van der Waals surface area contributed by atoms with Crippen molar-refractivity contribution in [2.45, 2.75) is 12.6 Å². The van der Waals surface area contributed by atoms with E-state index in [1.165, 1.54) is 23.0 Å². The Morgan fingerprint density at radius 3 is 2.69 bits per heavy atom. The summed E-state index contributed by atoms with van der Waals surface area (Å²) in [5, 5.41) is 17.4. The molecular weight excluding hydrogens is 369 g/mol. The minimum atomic E-state index is -0.899. The number of benzene rings is 1. The molecule has 1 N–H and O–H groups in total. The van der Waals surface area contributed by atoms with Crippen molar-refractivity contribution >= 4 is 28.4 Å². The Morgan fingerprint density at radius 2 is 2.00 bits per heavy atom. The number of aromatic nitrogens is 1. The number of aliphatic hydroxyl groups is 1. The van der Waals surface area contributed by atoms with Crippen LogP contribution in [0, 0.1) is 5.82 Å². The number of hydrogen-bond donors (Lipinski definition) is 1. The van der Waals surface area contributed by atoms with Crippen LogP contribution in [0.25, 0.3) is 0 Å². The summed E-state index contributed by atoms with van der Waals surface area (Å²) in [6.07, 6.45) is 0.760. The number of aliphatic hydroxyl groups excluding tert-OH is 1. The van der Waals surface area contributed by atoms with Gasteiger partial charge in [0.1, 0.15) is 16.9 Å². The number of halogens is 1. The van der Waals surface area contributed by atoms with Crippen LogP contribution in [0.3, 0.4) is 0 Å². The van der Waals surface area contributed by atoms with Crippen molar-refractivity contribution in [2.75, 3.05) is 31.1 Å². The van der Waals surface area contributed by atoms with Crippen LogP contribution in [0.5, 0.6) is 0 Å². The average Bonchev–Trinajstić information content (AvgIpc) is 3.36. The van der Waals surface area contributed by atoms with Crippen LogP contribution in [0.1, 0.15) is 22.2 Å². The predicted molar refractivity (Wildman–Crippen MR) is 104 cm³/mol. The zero-order valence-corrected chi connectivity index (χ0v) is 15.8. The number of rotatable bonds is 5. The molecule has 26 heavy (non-hydrogen) atoms. The summed E-state index contributed by atoms with van der Waals surface area (Å²) < 4.78 is 14.7. The maximum absolute atomic E-state index is 14.7. The molecule has 0 bridgehead atoms. The summed E-state index contributed by atoms with van der Waals surface area (Å²) in [6.45, 7) is 4.16. The summed E-state index contributed by atoms with van der Waals surface area (Å²) >= 11 is 3.09. The highest BCUT2D eigenvalue weighted by atomic mass is 32.1. The number of hydrogen-bond acceptors (Lipinski definition) is 6. The second-order valence-electron chi connectivity index (χ2n) is 6.35. The molecule has 4 rings (SSSR count). The fourth-order valence-electron chi connectivity index (χ4n) is 3.36. The Morgan fingerprint density at radius 1 is 1.15 bits per heavy atom. The maximum Gasteiger partial charge on any atom is 0.146 e. The van der Waals surface area contributed by atoms with Gasteiger partial charge in [-0.25, -0.2) is 9.37 Å². The third kappa shape index (κ3) is 3.66. The van der Waals surface area contributed by atoms with Crippen LogP contribution in [0.4, 0.5) is 10.1 Å². The average molecular weight is 390 g/mol. The lowest BCUT2D eigenvalue weighted by Gasteiger charge is -2.37. The van der Waals surface area contributed by atoms with E-state index >= 15 is 0 Å². The molecule has 3 heterocycles. The largest absolute Gasteiger partial charge is 0.381 e. The van der Waals surface area contributed by atoms with Crippen LogP contribution in [0.15, 0.2) is 46.6 Å².